The van der Waals surface area contributed by atoms with E-state index < -0.39 is 0 Å². The van der Waals surface area contributed by atoms with Crippen LogP contribution in [0.1, 0.15) is 19.4 Å². The molecule has 0 saturated carbocycles. The first-order valence-electron chi connectivity index (χ1n) is 8.14. The molecule has 1 heterocycles. The van der Waals surface area contributed by atoms with Crippen LogP contribution in [0.4, 0.5) is 5.82 Å². The molecule has 124 valence electrons. The maximum Gasteiger partial charge on any atom is 0.163 e. The van der Waals surface area contributed by atoms with Crippen molar-refractivity contribution in [3.63, 3.8) is 0 Å². The van der Waals surface area contributed by atoms with Crippen molar-refractivity contribution in [1.29, 1.82) is 0 Å². The van der Waals surface area contributed by atoms with E-state index in [0.29, 0.717) is 31.3 Å². The van der Waals surface area contributed by atoms with Gasteiger partial charge in [0.1, 0.15) is 5.82 Å². The van der Waals surface area contributed by atoms with Gasteiger partial charge in [0.25, 0.3) is 0 Å². The Balaban J connectivity index is 1.85. The number of ether oxygens (including phenoxy) is 2. The molecule has 0 bridgehead atoms. The Morgan fingerprint density at radius 1 is 0.917 bits per heavy atom. The van der Waals surface area contributed by atoms with Gasteiger partial charge in [0, 0.05) is 18.7 Å². The van der Waals surface area contributed by atoms with E-state index in [2.05, 4.69) is 27.4 Å². The van der Waals surface area contributed by atoms with E-state index in [1.807, 2.05) is 44.2 Å². The lowest BCUT2D eigenvalue weighted by Gasteiger charge is -2.12. The van der Waals surface area contributed by atoms with Crippen molar-refractivity contribution >= 4 is 16.9 Å². The van der Waals surface area contributed by atoms with Crippen molar-refractivity contribution < 1.29 is 9.47 Å². The average molecular weight is 323 g/mol. The van der Waals surface area contributed by atoms with Gasteiger partial charge < -0.3 is 14.8 Å². The van der Waals surface area contributed by atoms with Gasteiger partial charge in [-0.25, -0.2) is 4.98 Å². The van der Waals surface area contributed by atoms with Gasteiger partial charge in [-0.2, -0.15) is 0 Å². The fraction of sp³-hybridized carbons (Fsp3) is 0.263. The van der Waals surface area contributed by atoms with Crippen molar-refractivity contribution in [1.82, 2.24) is 9.97 Å². The van der Waals surface area contributed by atoms with Crippen molar-refractivity contribution in [3.8, 4) is 11.5 Å². The third kappa shape index (κ3) is 3.74. The van der Waals surface area contributed by atoms with E-state index in [-0.39, 0.29) is 0 Å². The zero-order valence-electron chi connectivity index (χ0n) is 14.0. The summed E-state index contributed by atoms with van der Waals surface area (Å²) < 4.78 is 11.3. The first-order valence-corrected chi connectivity index (χ1v) is 8.14. The molecule has 1 aromatic heterocycles. The Labute approximate surface area is 141 Å². The average Bonchev–Trinajstić information content (AvgIpc) is 2.62. The monoisotopic (exact) mass is 323 g/mol. The van der Waals surface area contributed by atoms with E-state index in [9.17, 15) is 0 Å². The largest absolute Gasteiger partial charge is 0.490 e. The highest BCUT2D eigenvalue weighted by molar-refractivity contribution is 5.80. The van der Waals surface area contributed by atoms with Crippen LogP contribution < -0.4 is 14.8 Å². The summed E-state index contributed by atoms with van der Waals surface area (Å²) in [6.07, 6.45) is 1.74. The minimum Gasteiger partial charge on any atom is -0.490 e. The Morgan fingerprint density at radius 3 is 2.25 bits per heavy atom. The SMILES string of the molecule is CCOc1cc2ncc(NCc3ccccc3)nc2cc1OCC. The lowest BCUT2D eigenvalue weighted by Crippen LogP contribution is -2.03. The van der Waals surface area contributed by atoms with Crippen molar-refractivity contribution in [3.05, 3.63) is 54.2 Å². The second-order valence-corrected chi connectivity index (χ2v) is 5.25. The van der Waals surface area contributed by atoms with Crippen LogP contribution in [0, 0.1) is 0 Å². The summed E-state index contributed by atoms with van der Waals surface area (Å²) in [7, 11) is 0. The maximum absolute atomic E-state index is 5.65. The number of rotatable bonds is 7. The molecule has 0 radical (unpaired) electrons. The molecule has 5 nitrogen and oxygen atoms in total. The molecule has 0 fully saturated rings. The van der Waals surface area contributed by atoms with Crippen LogP contribution in [0.2, 0.25) is 0 Å². The van der Waals surface area contributed by atoms with Crippen molar-refractivity contribution in [2.45, 2.75) is 20.4 Å². The molecular weight excluding hydrogens is 302 g/mol. The lowest BCUT2D eigenvalue weighted by atomic mass is 10.2. The Kier molecular flexibility index (Phi) is 5.11. The summed E-state index contributed by atoms with van der Waals surface area (Å²) in [5.74, 6) is 2.13. The number of aromatic nitrogens is 2. The van der Waals surface area contributed by atoms with Gasteiger partial charge in [0.05, 0.1) is 30.4 Å². The predicted molar refractivity (Wildman–Crippen MR) is 95.6 cm³/mol. The number of hydrogen-bond donors (Lipinski definition) is 1. The molecule has 24 heavy (non-hydrogen) atoms. The second-order valence-electron chi connectivity index (χ2n) is 5.25. The number of hydrogen-bond acceptors (Lipinski definition) is 5. The number of nitrogens with one attached hydrogen (secondary N) is 1. The predicted octanol–water partition coefficient (Wildman–Crippen LogP) is 4.04. The van der Waals surface area contributed by atoms with Crippen LogP contribution in [0.5, 0.6) is 11.5 Å². The normalized spacial score (nSPS) is 10.6. The lowest BCUT2D eigenvalue weighted by molar-refractivity contribution is 0.288. The summed E-state index contributed by atoms with van der Waals surface area (Å²) >= 11 is 0. The van der Waals surface area contributed by atoms with Crippen molar-refractivity contribution in [2.24, 2.45) is 0 Å². The summed E-state index contributed by atoms with van der Waals surface area (Å²) in [5.41, 5.74) is 2.76. The third-order valence-electron chi connectivity index (χ3n) is 3.52. The summed E-state index contributed by atoms with van der Waals surface area (Å²) in [5, 5.41) is 3.30. The minimum absolute atomic E-state index is 0.574. The van der Waals surface area contributed by atoms with E-state index in [4.69, 9.17) is 9.47 Å². The molecule has 3 rings (SSSR count). The second kappa shape index (κ2) is 7.64. The zero-order chi connectivity index (χ0) is 16.8. The highest BCUT2D eigenvalue weighted by Gasteiger charge is 2.09. The molecule has 0 saturated heterocycles. The minimum atomic E-state index is 0.574. The smallest absolute Gasteiger partial charge is 0.163 e. The van der Waals surface area contributed by atoms with Crippen LogP contribution in [0.15, 0.2) is 48.7 Å². The van der Waals surface area contributed by atoms with Gasteiger partial charge in [-0.3, -0.25) is 4.98 Å². The Morgan fingerprint density at radius 2 is 1.58 bits per heavy atom. The zero-order valence-corrected chi connectivity index (χ0v) is 14.0. The number of anilines is 1. The molecular formula is C19H21N3O2. The van der Waals surface area contributed by atoms with Gasteiger partial charge in [-0.1, -0.05) is 30.3 Å². The van der Waals surface area contributed by atoms with Gasteiger partial charge >= 0.3 is 0 Å². The molecule has 1 N–H and O–H groups in total. The first kappa shape index (κ1) is 16.1. The standard InChI is InChI=1S/C19H21N3O2/c1-3-23-17-10-15-16(11-18(17)24-4-2)22-19(13-20-15)21-12-14-8-6-5-7-9-14/h5-11,13H,3-4,12H2,1-2H3,(H,21,22). The van der Waals surface area contributed by atoms with E-state index >= 15 is 0 Å². The molecule has 0 aliphatic rings. The molecule has 0 amide bonds. The van der Waals surface area contributed by atoms with E-state index in [0.717, 1.165) is 16.9 Å². The van der Waals surface area contributed by atoms with Gasteiger partial charge in [-0.05, 0) is 19.4 Å². The first-order chi connectivity index (χ1) is 11.8. The van der Waals surface area contributed by atoms with E-state index in [1.54, 1.807) is 6.20 Å². The highest BCUT2D eigenvalue weighted by atomic mass is 16.5. The van der Waals surface area contributed by atoms with Crippen LogP contribution in [-0.2, 0) is 6.54 Å². The molecule has 2 aromatic carbocycles. The fourth-order valence-corrected chi connectivity index (χ4v) is 2.43. The highest BCUT2D eigenvalue weighted by Crippen LogP contribution is 2.31. The Hall–Kier alpha value is -2.82. The molecule has 0 unspecified atom stereocenters. The van der Waals surface area contributed by atoms with Crippen LogP contribution in [0.3, 0.4) is 0 Å². The van der Waals surface area contributed by atoms with Crippen LogP contribution in [0.25, 0.3) is 11.0 Å². The summed E-state index contributed by atoms with van der Waals surface area (Å²) in [6, 6.07) is 13.9. The number of fused-ring (bicyclic) bond motifs is 1. The molecule has 0 spiro atoms. The third-order valence-corrected chi connectivity index (χ3v) is 3.52. The quantitative estimate of drug-likeness (QED) is 0.711. The van der Waals surface area contributed by atoms with Crippen LogP contribution in [-0.4, -0.2) is 23.2 Å². The van der Waals surface area contributed by atoms with Gasteiger partial charge in [0.15, 0.2) is 11.5 Å². The molecule has 0 atom stereocenters. The maximum atomic E-state index is 5.65. The fourth-order valence-electron chi connectivity index (χ4n) is 2.43. The van der Waals surface area contributed by atoms with Gasteiger partial charge in [-0.15, -0.1) is 0 Å². The molecule has 5 heteroatoms. The number of benzene rings is 2. The van der Waals surface area contributed by atoms with E-state index in [1.165, 1.54) is 5.56 Å². The molecule has 3 aromatic rings. The van der Waals surface area contributed by atoms with Gasteiger partial charge in [0.2, 0.25) is 0 Å². The summed E-state index contributed by atoms with van der Waals surface area (Å²) in [4.78, 5) is 9.10. The topological polar surface area (TPSA) is 56.3 Å². The van der Waals surface area contributed by atoms with Crippen LogP contribution >= 0.6 is 0 Å². The summed E-state index contributed by atoms with van der Waals surface area (Å²) in [6.45, 7) is 5.75. The number of nitrogens with zero attached hydrogens (tertiary/aromatic N) is 2. The molecule has 0 aliphatic carbocycles. The Bertz CT molecular complexity index is 806. The molecule has 0 aliphatic heterocycles. The van der Waals surface area contributed by atoms with Crippen molar-refractivity contribution in [2.75, 3.05) is 18.5 Å².